The lowest BCUT2D eigenvalue weighted by Gasteiger charge is -2.08. The molecule has 0 amide bonds. The molecule has 0 radical (unpaired) electrons. The Balaban J connectivity index is 2.08. The van der Waals surface area contributed by atoms with Gasteiger partial charge in [-0.15, -0.1) is 22.9 Å². The lowest BCUT2D eigenvalue weighted by molar-refractivity contribution is 1.35. The maximum Gasteiger partial charge on any atom is 0.114 e. The molecule has 0 aliphatic rings. The van der Waals surface area contributed by atoms with Gasteiger partial charge >= 0.3 is 0 Å². The van der Waals surface area contributed by atoms with Crippen molar-refractivity contribution in [2.75, 3.05) is 6.00 Å². The van der Waals surface area contributed by atoms with E-state index in [1.54, 1.807) is 11.3 Å². The highest BCUT2D eigenvalue weighted by molar-refractivity contribution is 7.13. The van der Waals surface area contributed by atoms with E-state index < -0.39 is 0 Å². The van der Waals surface area contributed by atoms with Crippen LogP contribution >= 0.6 is 22.9 Å². The van der Waals surface area contributed by atoms with Crippen molar-refractivity contribution in [2.24, 2.45) is 9.98 Å². The van der Waals surface area contributed by atoms with E-state index in [1.807, 2.05) is 41.8 Å². The molecule has 0 saturated heterocycles. The van der Waals surface area contributed by atoms with Gasteiger partial charge in [-0.1, -0.05) is 48.5 Å². The fourth-order valence-corrected chi connectivity index (χ4v) is 3.43. The molecule has 0 aliphatic heterocycles. The van der Waals surface area contributed by atoms with Gasteiger partial charge in [0.25, 0.3) is 0 Å². The molecule has 0 atom stereocenters. The monoisotopic (exact) mass is 338 g/mol. The van der Waals surface area contributed by atoms with Gasteiger partial charge in [-0.05, 0) is 35.4 Å². The van der Waals surface area contributed by atoms with Crippen LogP contribution in [0.15, 0.2) is 76.0 Å². The van der Waals surface area contributed by atoms with Crippen LogP contribution in [0.3, 0.4) is 0 Å². The molecule has 2 aromatic carbocycles. The molecular weight excluding hydrogens is 324 g/mol. The molecule has 0 bridgehead atoms. The van der Waals surface area contributed by atoms with E-state index in [-0.39, 0.29) is 6.00 Å². The summed E-state index contributed by atoms with van der Waals surface area (Å²) in [5.41, 5.74) is 5.04. The van der Waals surface area contributed by atoms with Gasteiger partial charge in [-0.25, -0.2) is 0 Å². The third-order valence-electron chi connectivity index (χ3n) is 3.49. The molecule has 0 saturated carbocycles. The largest absolute Gasteiger partial charge is 0.267 e. The van der Waals surface area contributed by atoms with Crippen molar-refractivity contribution in [3.05, 3.63) is 76.5 Å². The van der Waals surface area contributed by atoms with Gasteiger partial charge in [0.2, 0.25) is 0 Å². The molecule has 0 spiro atoms. The number of hydrogen-bond donors (Lipinski definition) is 0. The fourth-order valence-electron chi connectivity index (χ4n) is 2.43. The zero-order valence-corrected chi connectivity index (χ0v) is 14.0. The van der Waals surface area contributed by atoms with E-state index in [0.717, 1.165) is 27.4 Å². The molecule has 23 heavy (non-hydrogen) atoms. The number of halogens is 1. The minimum Gasteiger partial charge on any atom is -0.267 e. The maximum absolute atomic E-state index is 5.89. The average molecular weight is 339 g/mol. The Morgan fingerprint density at radius 2 is 1.78 bits per heavy atom. The van der Waals surface area contributed by atoms with Gasteiger partial charge < -0.3 is 0 Å². The third-order valence-corrected chi connectivity index (χ3v) is 4.52. The van der Waals surface area contributed by atoms with Crippen molar-refractivity contribution in [1.82, 2.24) is 0 Å². The highest BCUT2D eigenvalue weighted by Gasteiger charge is 2.13. The SMILES string of the molecule is C=Nc1ccsc1/C(=N\CCl)c1cccc(-c2ccccc2)c1. The average Bonchev–Trinajstić information content (AvgIpc) is 3.09. The summed E-state index contributed by atoms with van der Waals surface area (Å²) in [5, 5.41) is 1.99. The molecule has 3 rings (SSSR count). The standard InChI is InChI=1S/C19H15ClN2S/c1-21-17-10-11-23-19(17)18(22-13-20)16-9-5-8-15(12-16)14-6-3-2-4-7-14/h2-12H,1,13H2/b22-18-. The summed E-state index contributed by atoms with van der Waals surface area (Å²) in [4.78, 5) is 9.55. The highest BCUT2D eigenvalue weighted by atomic mass is 35.5. The first-order valence-electron chi connectivity index (χ1n) is 7.14. The second-order valence-electron chi connectivity index (χ2n) is 4.87. The van der Waals surface area contributed by atoms with E-state index in [9.17, 15) is 0 Å². The van der Waals surface area contributed by atoms with E-state index in [0.29, 0.717) is 0 Å². The molecule has 0 fully saturated rings. The number of benzene rings is 2. The predicted molar refractivity (Wildman–Crippen MR) is 102 cm³/mol. The number of aliphatic imine (C=N–C) groups is 2. The normalized spacial score (nSPS) is 11.4. The van der Waals surface area contributed by atoms with Crippen LogP contribution in [0.1, 0.15) is 10.4 Å². The third kappa shape index (κ3) is 3.41. The second kappa shape index (κ2) is 7.36. The van der Waals surface area contributed by atoms with Crippen LogP contribution in [0.4, 0.5) is 5.69 Å². The van der Waals surface area contributed by atoms with Gasteiger partial charge in [-0.2, -0.15) is 0 Å². The molecule has 1 heterocycles. The Hall–Kier alpha value is -2.23. The van der Waals surface area contributed by atoms with E-state index in [4.69, 9.17) is 11.6 Å². The van der Waals surface area contributed by atoms with Crippen LogP contribution in [-0.4, -0.2) is 18.4 Å². The van der Waals surface area contributed by atoms with Gasteiger partial charge in [0.05, 0.1) is 16.3 Å². The molecule has 1 aromatic heterocycles. The molecule has 3 aromatic rings. The number of alkyl halides is 1. The predicted octanol–water partition coefficient (Wildman–Crippen LogP) is 5.78. The number of hydrogen-bond acceptors (Lipinski definition) is 3. The summed E-state index contributed by atoms with van der Waals surface area (Å²) in [6.07, 6.45) is 0. The molecule has 4 heteroatoms. The first kappa shape index (κ1) is 15.7. The molecule has 2 nitrogen and oxygen atoms in total. The van der Waals surface area contributed by atoms with Crippen LogP contribution in [0.25, 0.3) is 11.1 Å². The van der Waals surface area contributed by atoms with Crippen molar-refractivity contribution in [3.63, 3.8) is 0 Å². The Labute approximate surface area is 144 Å². The summed E-state index contributed by atoms with van der Waals surface area (Å²) in [5.74, 6) is 0. The van der Waals surface area contributed by atoms with Crippen LogP contribution in [0.5, 0.6) is 0 Å². The first-order chi connectivity index (χ1) is 11.3. The topological polar surface area (TPSA) is 24.7 Å². The van der Waals surface area contributed by atoms with Crippen molar-refractivity contribution in [2.45, 2.75) is 0 Å². The zero-order valence-electron chi connectivity index (χ0n) is 12.4. The summed E-state index contributed by atoms with van der Waals surface area (Å²) < 4.78 is 0. The van der Waals surface area contributed by atoms with Crippen LogP contribution in [0, 0.1) is 0 Å². The van der Waals surface area contributed by atoms with Crippen LogP contribution in [0.2, 0.25) is 0 Å². The van der Waals surface area contributed by atoms with Gasteiger partial charge in [0, 0.05) is 5.56 Å². The lowest BCUT2D eigenvalue weighted by Crippen LogP contribution is -2.02. The fraction of sp³-hybridized carbons (Fsp3) is 0.0526. The summed E-state index contributed by atoms with van der Waals surface area (Å²) in [6.45, 7) is 3.63. The molecule has 0 N–H and O–H groups in total. The van der Waals surface area contributed by atoms with Crippen molar-refractivity contribution in [1.29, 1.82) is 0 Å². The minimum absolute atomic E-state index is 0.208. The summed E-state index contributed by atoms with van der Waals surface area (Å²) >= 11 is 7.48. The first-order valence-corrected chi connectivity index (χ1v) is 8.55. The summed E-state index contributed by atoms with van der Waals surface area (Å²) in [6, 6.07) is 20.7. The molecular formula is C19H15ClN2S. The quantitative estimate of drug-likeness (QED) is 0.320. The van der Waals surface area contributed by atoms with Gasteiger partial charge in [0.1, 0.15) is 6.00 Å². The second-order valence-corrected chi connectivity index (χ2v) is 6.02. The molecule has 0 aliphatic carbocycles. The van der Waals surface area contributed by atoms with E-state index >= 15 is 0 Å². The molecule has 0 unspecified atom stereocenters. The molecule has 114 valence electrons. The number of thiophene rings is 1. The zero-order chi connectivity index (χ0) is 16.1. The number of nitrogens with zero attached hydrogens (tertiary/aromatic N) is 2. The smallest absolute Gasteiger partial charge is 0.114 e. The van der Waals surface area contributed by atoms with Crippen molar-refractivity contribution < 1.29 is 0 Å². The van der Waals surface area contributed by atoms with E-state index in [1.165, 1.54) is 5.56 Å². The Kier molecular flexibility index (Phi) is 5.01. The van der Waals surface area contributed by atoms with Gasteiger partial charge in [0.15, 0.2) is 0 Å². The van der Waals surface area contributed by atoms with Crippen LogP contribution < -0.4 is 0 Å². The summed E-state index contributed by atoms with van der Waals surface area (Å²) in [7, 11) is 0. The Morgan fingerprint density at radius 1 is 1.00 bits per heavy atom. The lowest BCUT2D eigenvalue weighted by atomic mass is 10.00. The number of rotatable bonds is 5. The van der Waals surface area contributed by atoms with Crippen molar-refractivity contribution >= 4 is 41.1 Å². The maximum atomic E-state index is 5.89. The van der Waals surface area contributed by atoms with E-state index in [2.05, 4.69) is 41.0 Å². The minimum atomic E-state index is 0.208. The van der Waals surface area contributed by atoms with Crippen molar-refractivity contribution in [3.8, 4) is 11.1 Å². The van der Waals surface area contributed by atoms with Gasteiger partial charge in [-0.3, -0.25) is 9.98 Å². The Morgan fingerprint density at radius 3 is 2.52 bits per heavy atom. The van der Waals surface area contributed by atoms with Crippen LogP contribution in [-0.2, 0) is 0 Å². The highest BCUT2D eigenvalue weighted by Crippen LogP contribution is 2.29. The Bertz CT molecular complexity index is 837.